The molecule has 178 valence electrons. The lowest BCUT2D eigenvalue weighted by atomic mass is 10.0. The highest BCUT2D eigenvalue weighted by atomic mass is 35.5. The van der Waals surface area contributed by atoms with Gasteiger partial charge in [0.2, 0.25) is 5.91 Å². The van der Waals surface area contributed by atoms with Crippen LogP contribution in [0.4, 0.5) is 4.39 Å². The van der Waals surface area contributed by atoms with E-state index in [4.69, 9.17) is 27.9 Å². The molecule has 0 unspecified atom stereocenters. The van der Waals surface area contributed by atoms with Crippen LogP contribution in [0.15, 0.2) is 72.8 Å². The summed E-state index contributed by atoms with van der Waals surface area (Å²) < 4.78 is 19.5. The van der Waals surface area contributed by atoms with Crippen molar-refractivity contribution >= 4 is 35.0 Å². The zero-order chi connectivity index (χ0) is 24.5. The Labute approximate surface area is 208 Å². The molecule has 3 aromatic rings. The second-order valence-electron chi connectivity index (χ2n) is 7.54. The number of carbonyl (C=O) groups excluding carboxylic acids is 2. The first kappa shape index (κ1) is 25.5. The average Bonchev–Trinajstić information content (AvgIpc) is 2.83. The maximum absolute atomic E-state index is 14.0. The SMILES string of the molecule is CCNC(=O)[C@@H](Cc1ccccc1)N(Cc1c(Cl)cccc1Cl)C(=O)COc1ccccc1F. The smallest absolute Gasteiger partial charge is 0.261 e. The minimum absolute atomic E-state index is 0.0212. The Morgan fingerprint density at radius 1 is 0.971 bits per heavy atom. The minimum atomic E-state index is -0.869. The van der Waals surface area contributed by atoms with Crippen molar-refractivity contribution in [1.82, 2.24) is 10.2 Å². The van der Waals surface area contributed by atoms with Crippen molar-refractivity contribution in [1.29, 1.82) is 0 Å². The van der Waals surface area contributed by atoms with Crippen LogP contribution in [0.1, 0.15) is 18.1 Å². The van der Waals surface area contributed by atoms with Gasteiger partial charge in [0.15, 0.2) is 18.2 Å². The van der Waals surface area contributed by atoms with E-state index in [9.17, 15) is 14.0 Å². The number of likely N-dealkylation sites (N-methyl/N-ethyl adjacent to an activating group) is 1. The number of nitrogens with zero attached hydrogens (tertiary/aromatic N) is 1. The molecule has 1 atom stereocenters. The second kappa shape index (κ2) is 12.4. The van der Waals surface area contributed by atoms with E-state index < -0.39 is 24.4 Å². The third-order valence-corrected chi connectivity index (χ3v) is 5.91. The predicted octanol–water partition coefficient (Wildman–Crippen LogP) is 5.29. The van der Waals surface area contributed by atoms with Crippen molar-refractivity contribution in [3.8, 4) is 5.75 Å². The number of hydrogen-bond acceptors (Lipinski definition) is 3. The summed E-state index contributed by atoms with van der Waals surface area (Å²) in [7, 11) is 0. The van der Waals surface area contributed by atoms with E-state index in [2.05, 4.69) is 5.32 Å². The Hall–Kier alpha value is -3.09. The van der Waals surface area contributed by atoms with Crippen LogP contribution in [0.25, 0.3) is 0 Å². The Bertz CT molecular complexity index is 1110. The molecule has 1 N–H and O–H groups in total. The van der Waals surface area contributed by atoms with Crippen LogP contribution in [0.3, 0.4) is 0 Å². The van der Waals surface area contributed by atoms with E-state index >= 15 is 0 Å². The van der Waals surface area contributed by atoms with Gasteiger partial charge in [-0.05, 0) is 36.8 Å². The van der Waals surface area contributed by atoms with Gasteiger partial charge in [0.25, 0.3) is 5.91 Å². The molecule has 0 aliphatic carbocycles. The summed E-state index contributed by atoms with van der Waals surface area (Å²) in [5.74, 6) is -1.47. The molecule has 0 saturated carbocycles. The highest BCUT2D eigenvalue weighted by Crippen LogP contribution is 2.27. The molecule has 0 saturated heterocycles. The molecule has 0 bridgehead atoms. The number of carbonyl (C=O) groups is 2. The summed E-state index contributed by atoms with van der Waals surface area (Å²) in [6.45, 7) is 1.71. The van der Waals surface area contributed by atoms with E-state index in [1.54, 1.807) is 31.2 Å². The molecule has 0 spiro atoms. The van der Waals surface area contributed by atoms with E-state index in [0.717, 1.165) is 5.56 Å². The van der Waals surface area contributed by atoms with E-state index in [1.807, 2.05) is 30.3 Å². The van der Waals surface area contributed by atoms with Gasteiger partial charge in [-0.3, -0.25) is 9.59 Å². The molecular formula is C26H25Cl2FN2O3. The largest absolute Gasteiger partial charge is 0.481 e. The lowest BCUT2D eigenvalue weighted by Crippen LogP contribution is -2.51. The molecule has 3 aromatic carbocycles. The van der Waals surface area contributed by atoms with Gasteiger partial charge in [-0.25, -0.2) is 4.39 Å². The van der Waals surface area contributed by atoms with Crippen molar-refractivity contribution in [3.63, 3.8) is 0 Å². The predicted molar refractivity (Wildman–Crippen MR) is 132 cm³/mol. The van der Waals surface area contributed by atoms with Crippen LogP contribution in [0, 0.1) is 5.82 Å². The highest BCUT2D eigenvalue weighted by molar-refractivity contribution is 6.36. The van der Waals surface area contributed by atoms with Crippen molar-refractivity contribution in [2.24, 2.45) is 0 Å². The number of benzene rings is 3. The number of amides is 2. The fourth-order valence-electron chi connectivity index (χ4n) is 3.48. The number of halogens is 3. The fourth-order valence-corrected chi connectivity index (χ4v) is 4.00. The zero-order valence-electron chi connectivity index (χ0n) is 18.6. The molecule has 2 amide bonds. The summed E-state index contributed by atoms with van der Waals surface area (Å²) in [5, 5.41) is 3.54. The standard InChI is InChI=1S/C26H25Cl2FN2O3/c1-2-30-26(33)23(15-18-9-4-3-5-10-18)31(16-19-20(27)11-8-12-21(19)28)25(32)17-34-24-14-7-6-13-22(24)29/h3-14,23H,2,15-17H2,1H3,(H,30,33)/t23-/m1/s1. The highest BCUT2D eigenvalue weighted by Gasteiger charge is 2.31. The van der Waals surface area contributed by atoms with Gasteiger partial charge in [0.05, 0.1) is 0 Å². The summed E-state index contributed by atoms with van der Waals surface area (Å²) in [5.41, 5.74) is 1.38. The first-order valence-corrected chi connectivity index (χ1v) is 11.6. The molecule has 0 aliphatic rings. The first-order valence-electron chi connectivity index (χ1n) is 10.8. The average molecular weight is 503 g/mol. The lowest BCUT2D eigenvalue weighted by molar-refractivity contribution is -0.142. The number of nitrogens with one attached hydrogen (secondary N) is 1. The molecule has 0 aromatic heterocycles. The van der Waals surface area contributed by atoms with Gasteiger partial charge < -0.3 is 15.0 Å². The maximum atomic E-state index is 14.0. The third-order valence-electron chi connectivity index (χ3n) is 5.20. The summed E-state index contributed by atoms with van der Waals surface area (Å²) in [6.07, 6.45) is 0.264. The van der Waals surface area contributed by atoms with Crippen molar-refractivity contribution in [2.45, 2.75) is 25.9 Å². The van der Waals surface area contributed by atoms with Gasteiger partial charge >= 0.3 is 0 Å². The molecule has 3 rings (SSSR count). The molecule has 0 radical (unpaired) electrons. The van der Waals surface area contributed by atoms with Gasteiger partial charge in [-0.15, -0.1) is 0 Å². The van der Waals surface area contributed by atoms with E-state index in [1.165, 1.54) is 23.1 Å². The summed E-state index contributed by atoms with van der Waals surface area (Å²) in [6, 6.07) is 19.3. The van der Waals surface area contributed by atoms with Gasteiger partial charge in [-0.2, -0.15) is 0 Å². The Balaban J connectivity index is 1.95. The topological polar surface area (TPSA) is 58.6 Å². The molecule has 34 heavy (non-hydrogen) atoms. The maximum Gasteiger partial charge on any atom is 0.261 e. The summed E-state index contributed by atoms with van der Waals surface area (Å²) in [4.78, 5) is 27.9. The van der Waals surface area contributed by atoms with E-state index in [0.29, 0.717) is 22.2 Å². The normalized spacial score (nSPS) is 11.5. The van der Waals surface area contributed by atoms with Crippen molar-refractivity contribution in [3.05, 3.63) is 99.8 Å². The number of rotatable bonds is 10. The molecular weight excluding hydrogens is 478 g/mol. The summed E-state index contributed by atoms with van der Waals surface area (Å²) >= 11 is 12.7. The van der Waals surface area contributed by atoms with Crippen molar-refractivity contribution in [2.75, 3.05) is 13.2 Å². The first-order chi connectivity index (χ1) is 16.4. The fraction of sp³-hybridized carbons (Fsp3) is 0.231. The number of para-hydroxylation sites is 1. The molecule has 0 heterocycles. The van der Waals surface area contributed by atoms with Crippen LogP contribution in [-0.2, 0) is 22.6 Å². The van der Waals surface area contributed by atoms with Gasteiger partial charge in [-0.1, -0.05) is 71.7 Å². The van der Waals surface area contributed by atoms with Crippen LogP contribution < -0.4 is 10.1 Å². The monoisotopic (exact) mass is 502 g/mol. The molecule has 0 fully saturated rings. The number of hydrogen-bond donors (Lipinski definition) is 1. The van der Waals surface area contributed by atoms with Gasteiger partial charge in [0.1, 0.15) is 6.04 Å². The van der Waals surface area contributed by atoms with Crippen LogP contribution in [0.5, 0.6) is 5.75 Å². The van der Waals surface area contributed by atoms with Crippen LogP contribution in [-0.4, -0.2) is 35.9 Å². The molecule has 0 aliphatic heterocycles. The molecule has 5 nitrogen and oxygen atoms in total. The number of ether oxygens (including phenoxy) is 1. The quantitative estimate of drug-likeness (QED) is 0.409. The zero-order valence-corrected chi connectivity index (χ0v) is 20.2. The second-order valence-corrected chi connectivity index (χ2v) is 8.36. The van der Waals surface area contributed by atoms with E-state index in [-0.39, 0.29) is 24.6 Å². The molecule has 8 heteroatoms. The Morgan fingerprint density at radius 2 is 1.62 bits per heavy atom. The third kappa shape index (κ3) is 6.72. The van der Waals surface area contributed by atoms with Crippen molar-refractivity contribution < 1.29 is 18.7 Å². The van der Waals surface area contributed by atoms with Crippen LogP contribution in [0.2, 0.25) is 10.0 Å². The Kier molecular flexibility index (Phi) is 9.31. The minimum Gasteiger partial charge on any atom is -0.481 e. The van der Waals surface area contributed by atoms with Gasteiger partial charge in [0, 0.05) is 35.1 Å². The van der Waals surface area contributed by atoms with Crippen LogP contribution >= 0.6 is 23.2 Å². The Morgan fingerprint density at radius 3 is 2.26 bits per heavy atom. The lowest BCUT2D eigenvalue weighted by Gasteiger charge is -2.32.